The predicted molar refractivity (Wildman–Crippen MR) is 83.2 cm³/mol. The summed E-state index contributed by atoms with van der Waals surface area (Å²) in [6, 6.07) is -3.40. The van der Waals surface area contributed by atoms with Gasteiger partial charge in [-0.25, -0.2) is 31.2 Å². The summed E-state index contributed by atoms with van der Waals surface area (Å²) >= 11 is 0. The normalized spacial score (nSPS) is 12.8. The number of hydrogen-bond acceptors (Lipinski definition) is 12. The predicted octanol–water partition coefficient (Wildman–Crippen LogP) is -3.65. The molecule has 0 saturated heterocycles. The van der Waals surface area contributed by atoms with E-state index in [1.54, 1.807) is 0 Å². The highest BCUT2D eigenvalue weighted by atomic mass is 16.4. The Morgan fingerprint density at radius 2 is 1.19 bits per heavy atom. The van der Waals surface area contributed by atoms with Crippen LogP contribution in [-0.2, 0) is 9.59 Å². The van der Waals surface area contributed by atoms with Crippen LogP contribution in [0.5, 0.6) is 0 Å². The van der Waals surface area contributed by atoms with Gasteiger partial charge in [-0.3, -0.25) is 19.6 Å². The molecule has 0 aromatic carbocycles. The number of carbonyl (C=O) groups is 4. The van der Waals surface area contributed by atoms with Crippen molar-refractivity contribution in [3.05, 3.63) is 11.4 Å². The number of hydrogen-bond donors (Lipinski definition) is 6. The third kappa shape index (κ3) is 4.06. The SMILES string of the molecule is NN(c1nc(C=O)c(N(N)[C@@H](CO)C(=O)O)nc1C=O)[C@@H](CO)C(=O)O. The highest BCUT2D eigenvalue weighted by Gasteiger charge is 2.31. The molecule has 0 unspecified atom stereocenters. The van der Waals surface area contributed by atoms with Crippen molar-refractivity contribution >= 4 is 36.1 Å². The molecule has 2 atom stereocenters. The summed E-state index contributed by atoms with van der Waals surface area (Å²) in [5.41, 5.74) is -1.16. The number of anilines is 2. The smallest absolute Gasteiger partial charge is 0.330 e. The van der Waals surface area contributed by atoms with Crippen molar-refractivity contribution in [2.24, 2.45) is 11.7 Å². The molecule has 0 aliphatic carbocycles. The van der Waals surface area contributed by atoms with Crippen LogP contribution in [0.4, 0.5) is 11.6 Å². The molecule has 1 heterocycles. The topological polar surface area (TPSA) is 233 Å². The van der Waals surface area contributed by atoms with Crippen molar-refractivity contribution in [2.75, 3.05) is 23.2 Å². The van der Waals surface area contributed by atoms with E-state index < -0.39 is 60.3 Å². The molecule has 1 aromatic heterocycles. The number of aliphatic hydroxyl groups is 2. The zero-order valence-electron chi connectivity index (χ0n) is 13.1. The lowest BCUT2D eigenvalue weighted by Gasteiger charge is -2.27. The number of carboxylic acids is 2. The van der Waals surface area contributed by atoms with Crippen LogP contribution in [0.3, 0.4) is 0 Å². The number of aldehydes is 2. The molecule has 14 heteroatoms. The van der Waals surface area contributed by atoms with Gasteiger partial charge in [-0.15, -0.1) is 0 Å². The van der Waals surface area contributed by atoms with Crippen LogP contribution in [0.2, 0.25) is 0 Å². The van der Waals surface area contributed by atoms with E-state index in [1.165, 1.54) is 0 Å². The van der Waals surface area contributed by atoms with Crippen LogP contribution in [0.1, 0.15) is 21.0 Å². The zero-order valence-corrected chi connectivity index (χ0v) is 13.1. The summed E-state index contributed by atoms with van der Waals surface area (Å²) in [6.07, 6.45) is 0.220. The first kappa shape index (κ1) is 20.8. The maximum absolute atomic E-state index is 11.3. The quantitative estimate of drug-likeness (QED) is 0.132. The third-order valence-corrected chi connectivity index (χ3v) is 3.21. The first-order chi connectivity index (χ1) is 12.2. The van der Waals surface area contributed by atoms with Crippen molar-refractivity contribution < 1.29 is 39.6 Å². The molecule has 0 amide bonds. The lowest BCUT2D eigenvalue weighted by atomic mass is 10.2. The van der Waals surface area contributed by atoms with Gasteiger partial charge < -0.3 is 20.4 Å². The van der Waals surface area contributed by atoms with E-state index in [9.17, 15) is 19.2 Å². The van der Waals surface area contributed by atoms with E-state index in [-0.39, 0.29) is 12.6 Å². The number of aromatic nitrogens is 2. The second-order valence-electron chi connectivity index (χ2n) is 4.76. The number of carboxylic acid groups (broad SMARTS) is 2. The van der Waals surface area contributed by atoms with Gasteiger partial charge in [0, 0.05) is 0 Å². The Hall–Kier alpha value is -3.20. The van der Waals surface area contributed by atoms with E-state index in [4.69, 9.17) is 32.1 Å². The minimum atomic E-state index is -1.70. The summed E-state index contributed by atoms with van der Waals surface area (Å²) in [7, 11) is 0. The van der Waals surface area contributed by atoms with Gasteiger partial charge in [0.1, 0.15) is 11.4 Å². The molecule has 0 fully saturated rings. The van der Waals surface area contributed by atoms with E-state index in [1.807, 2.05) is 0 Å². The molecule has 0 radical (unpaired) electrons. The number of aliphatic hydroxyl groups excluding tert-OH is 2. The Morgan fingerprint density at radius 3 is 1.38 bits per heavy atom. The molecule has 142 valence electrons. The molecule has 1 aromatic rings. The van der Waals surface area contributed by atoms with Crippen molar-refractivity contribution in [2.45, 2.75) is 12.1 Å². The fourth-order valence-corrected chi connectivity index (χ4v) is 1.85. The Balaban J connectivity index is 3.52. The van der Waals surface area contributed by atoms with Gasteiger partial charge in [0.15, 0.2) is 36.3 Å². The minimum Gasteiger partial charge on any atom is -0.480 e. The fraction of sp³-hybridized carbons (Fsp3) is 0.333. The van der Waals surface area contributed by atoms with E-state index in [2.05, 4.69) is 9.97 Å². The highest BCUT2D eigenvalue weighted by Crippen LogP contribution is 2.22. The summed E-state index contributed by atoms with van der Waals surface area (Å²) < 4.78 is 0. The van der Waals surface area contributed by atoms with Gasteiger partial charge in [-0.1, -0.05) is 0 Å². The number of rotatable bonds is 10. The van der Waals surface area contributed by atoms with Gasteiger partial charge in [-0.05, 0) is 0 Å². The highest BCUT2D eigenvalue weighted by molar-refractivity contribution is 5.89. The average Bonchev–Trinajstić information content (AvgIpc) is 2.60. The van der Waals surface area contributed by atoms with Crippen LogP contribution >= 0.6 is 0 Å². The lowest BCUT2D eigenvalue weighted by molar-refractivity contribution is -0.140. The van der Waals surface area contributed by atoms with Crippen LogP contribution in [0, 0.1) is 0 Å². The lowest BCUT2D eigenvalue weighted by Crippen LogP contribution is -2.51. The molecule has 8 N–H and O–H groups in total. The van der Waals surface area contributed by atoms with Crippen molar-refractivity contribution in [1.29, 1.82) is 0 Å². The summed E-state index contributed by atoms with van der Waals surface area (Å²) in [4.78, 5) is 52.0. The maximum atomic E-state index is 11.3. The van der Waals surface area contributed by atoms with Crippen LogP contribution in [0.25, 0.3) is 0 Å². The monoisotopic (exact) mass is 372 g/mol. The van der Waals surface area contributed by atoms with Crippen LogP contribution in [-0.4, -0.2) is 80.2 Å². The molecule has 26 heavy (non-hydrogen) atoms. The molecule has 14 nitrogen and oxygen atoms in total. The molecule has 0 saturated carbocycles. The molecule has 0 aliphatic heterocycles. The summed E-state index contributed by atoms with van der Waals surface area (Å²) in [5.74, 6) is 6.89. The number of carbonyl (C=O) groups excluding carboxylic acids is 2. The van der Waals surface area contributed by atoms with Gasteiger partial charge in [0.2, 0.25) is 0 Å². The van der Waals surface area contributed by atoms with E-state index in [0.717, 1.165) is 0 Å². The number of nitrogens with two attached hydrogens (primary N) is 2. The fourth-order valence-electron chi connectivity index (χ4n) is 1.85. The summed E-state index contributed by atoms with van der Waals surface area (Å²) in [6.45, 7) is -1.89. The first-order valence-electron chi connectivity index (χ1n) is 6.80. The maximum Gasteiger partial charge on any atom is 0.330 e. The van der Waals surface area contributed by atoms with Crippen molar-refractivity contribution in [3.8, 4) is 0 Å². The Labute approximate surface area is 145 Å². The van der Waals surface area contributed by atoms with E-state index >= 15 is 0 Å². The van der Waals surface area contributed by atoms with Crippen molar-refractivity contribution in [1.82, 2.24) is 9.97 Å². The molecule has 0 aliphatic rings. The largest absolute Gasteiger partial charge is 0.480 e. The Kier molecular flexibility index (Phi) is 7.03. The average molecular weight is 372 g/mol. The second kappa shape index (κ2) is 8.77. The summed E-state index contributed by atoms with van der Waals surface area (Å²) in [5, 5.41) is 37.0. The van der Waals surface area contributed by atoms with Gasteiger partial charge in [0.05, 0.1) is 13.2 Å². The number of aliphatic carboxylic acids is 2. The Morgan fingerprint density at radius 1 is 0.885 bits per heavy atom. The molecular weight excluding hydrogens is 356 g/mol. The van der Waals surface area contributed by atoms with Gasteiger partial charge >= 0.3 is 11.9 Å². The molecule has 0 spiro atoms. The molecule has 1 rings (SSSR count). The zero-order chi connectivity index (χ0) is 20.0. The van der Waals surface area contributed by atoms with Crippen LogP contribution in [0.15, 0.2) is 0 Å². The molecule has 0 bridgehead atoms. The van der Waals surface area contributed by atoms with Gasteiger partial charge in [0.25, 0.3) is 0 Å². The van der Waals surface area contributed by atoms with Crippen molar-refractivity contribution in [3.63, 3.8) is 0 Å². The van der Waals surface area contributed by atoms with Gasteiger partial charge in [-0.2, -0.15) is 0 Å². The van der Waals surface area contributed by atoms with Crippen LogP contribution < -0.4 is 21.7 Å². The standard InChI is InChI=1S/C12H16N6O8/c13-17(7(3-21)11(23)24)9-5(1-19)15-10(6(2-20)16-9)18(14)8(4-22)12(25)26/h1-2,7-8,21-22H,3-4,13-14H2,(H,23,24)(H,25,26)/t7-,8-/m0/s1. The number of nitrogens with zero attached hydrogens (tertiary/aromatic N) is 4. The van der Waals surface area contributed by atoms with E-state index in [0.29, 0.717) is 10.0 Å². The minimum absolute atomic E-state index is 0.110. The second-order valence-corrected chi connectivity index (χ2v) is 4.76. The first-order valence-corrected chi connectivity index (χ1v) is 6.80. The third-order valence-electron chi connectivity index (χ3n) is 3.21. The Bertz CT molecular complexity index is 653. The number of hydrazine groups is 2. The molecular formula is C12H16N6O8.